The van der Waals surface area contributed by atoms with Gasteiger partial charge in [-0.2, -0.15) is 5.10 Å². The number of nitrogens with one attached hydrogen (secondary N) is 3. The fourth-order valence-corrected chi connectivity index (χ4v) is 7.30. The van der Waals surface area contributed by atoms with E-state index in [2.05, 4.69) is 50.5 Å². The molecule has 0 bridgehead atoms. The molecular formula is C31H39F2N7O3S. The topological polar surface area (TPSA) is 106 Å². The van der Waals surface area contributed by atoms with Crippen LogP contribution in [0.3, 0.4) is 0 Å². The van der Waals surface area contributed by atoms with Gasteiger partial charge in [-0.05, 0) is 57.0 Å². The van der Waals surface area contributed by atoms with Crippen molar-refractivity contribution in [2.75, 3.05) is 61.5 Å². The predicted octanol–water partition coefficient (Wildman–Crippen LogP) is 4.14. The Hall–Kier alpha value is -3.39. The smallest absolute Gasteiger partial charge is 0.258 e. The van der Waals surface area contributed by atoms with Gasteiger partial charge in [-0.15, -0.1) is 0 Å². The third kappa shape index (κ3) is 6.80. The standard InChI is InChI=1S/C31H39F2N7O3S/c1-20(2)38-9-11-39(12-10-38)24-3-4-26(29(18-24)34-23-6-13-43-14-7-23)31(41)35-30-27-19-40(8-5-28(27)36-37-30)44(42)25-16-21(32)15-22(33)17-25/h3-4,15-18,20,23,34H,5-14,19H2,1-2H3,(H2,35,36,37,41). The molecule has 1 unspecified atom stereocenters. The monoisotopic (exact) mass is 627 g/mol. The normalized spacial score (nSPS) is 19.2. The van der Waals surface area contributed by atoms with Gasteiger partial charge in [-0.1, -0.05) is 0 Å². The zero-order chi connectivity index (χ0) is 30.8. The first-order valence-electron chi connectivity index (χ1n) is 15.2. The van der Waals surface area contributed by atoms with Crippen molar-refractivity contribution in [1.29, 1.82) is 0 Å². The summed E-state index contributed by atoms with van der Waals surface area (Å²) < 4.78 is 48.0. The van der Waals surface area contributed by atoms with E-state index in [0.29, 0.717) is 49.2 Å². The van der Waals surface area contributed by atoms with Crippen LogP contribution in [-0.4, -0.2) is 87.5 Å². The maximum absolute atomic E-state index is 13.8. The molecule has 1 amide bonds. The van der Waals surface area contributed by atoms with Crippen LogP contribution in [0.2, 0.25) is 0 Å². The molecule has 236 valence electrons. The molecule has 2 aromatic carbocycles. The highest BCUT2D eigenvalue weighted by Crippen LogP contribution is 2.30. The lowest BCUT2D eigenvalue weighted by Gasteiger charge is -2.38. The maximum atomic E-state index is 13.8. The minimum atomic E-state index is -1.79. The number of aromatic nitrogens is 2. The van der Waals surface area contributed by atoms with Gasteiger partial charge in [-0.25, -0.2) is 17.3 Å². The molecule has 2 fully saturated rings. The van der Waals surface area contributed by atoms with Gasteiger partial charge in [0, 0.05) is 99.7 Å². The van der Waals surface area contributed by atoms with Gasteiger partial charge >= 0.3 is 0 Å². The van der Waals surface area contributed by atoms with Gasteiger partial charge in [-0.3, -0.25) is 14.8 Å². The third-order valence-corrected chi connectivity index (χ3v) is 10.1. The van der Waals surface area contributed by atoms with Crippen LogP contribution >= 0.6 is 0 Å². The highest BCUT2D eigenvalue weighted by atomic mass is 32.2. The number of amides is 1. The number of carbonyl (C=O) groups excluding carboxylic acids is 1. The number of H-pyrrole nitrogens is 1. The maximum Gasteiger partial charge on any atom is 0.258 e. The molecule has 1 aromatic heterocycles. The molecule has 0 aliphatic carbocycles. The molecule has 0 spiro atoms. The van der Waals surface area contributed by atoms with Crippen molar-refractivity contribution in [3.63, 3.8) is 0 Å². The van der Waals surface area contributed by atoms with Crippen molar-refractivity contribution >= 4 is 34.1 Å². The van der Waals surface area contributed by atoms with Crippen molar-refractivity contribution < 1.29 is 22.5 Å². The molecule has 3 aromatic rings. The van der Waals surface area contributed by atoms with Crippen LogP contribution in [0.1, 0.15) is 48.3 Å². The Morgan fingerprint density at radius 2 is 1.77 bits per heavy atom. The van der Waals surface area contributed by atoms with E-state index < -0.39 is 22.6 Å². The molecule has 1 atom stereocenters. The molecule has 3 N–H and O–H groups in total. The van der Waals surface area contributed by atoms with Crippen LogP contribution in [0.25, 0.3) is 0 Å². The Morgan fingerprint density at radius 1 is 1.05 bits per heavy atom. The number of aromatic amines is 1. The van der Waals surface area contributed by atoms with E-state index in [-0.39, 0.29) is 23.4 Å². The molecule has 2 saturated heterocycles. The molecule has 44 heavy (non-hydrogen) atoms. The molecule has 0 radical (unpaired) electrons. The molecule has 6 rings (SSSR count). The fourth-order valence-electron chi connectivity index (χ4n) is 6.07. The molecule has 3 aliphatic heterocycles. The lowest BCUT2D eigenvalue weighted by atomic mass is 10.0. The second kappa shape index (κ2) is 13.3. The number of piperazine rings is 1. The number of benzene rings is 2. The first kappa shape index (κ1) is 30.6. The van der Waals surface area contributed by atoms with Crippen LogP contribution in [0, 0.1) is 11.6 Å². The summed E-state index contributed by atoms with van der Waals surface area (Å²) in [4.78, 5) is 18.7. The summed E-state index contributed by atoms with van der Waals surface area (Å²) >= 11 is 0. The molecule has 0 saturated carbocycles. The molecule has 10 nitrogen and oxygen atoms in total. The second-order valence-corrected chi connectivity index (χ2v) is 13.3. The van der Waals surface area contributed by atoms with Crippen molar-refractivity contribution in [3.8, 4) is 0 Å². The number of halogens is 2. The number of hydrogen-bond donors (Lipinski definition) is 3. The highest BCUT2D eigenvalue weighted by molar-refractivity contribution is 7.82. The second-order valence-electron chi connectivity index (χ2n) is 11.8. The SMILES string of the molecule is CC(C)N1CCN(c2ccc(C(=O)Nc3n[nH]c4c3CN(S(=O)c3cc(F)cc(F)c3)CC4)c(NC3CCOCC3)c2)CC1. The number of ether oxygens (including phenoxy) is 1. The van der Waals surface area contributed by atoms with Crippen LogP contribution in [0.15, 0.2) is 41.3 Å². The van der Waals surface area contributed by atoms with Gasteiger partial charge in [0.15, 0.2) is 5.82 Å². The van der Waals surface area contributed by atoms with Crippen LogP contribution in [0.4, 0.5) is 26.0 Å². The van der Waals surface area contributed by atoms with E-state index in [9.17, 15) is 17.8 Å². The van der Waals surface area contributed by atoms with E-state index in [1.165, 1.54) is 0 Å². The summed E-state index contributed by atoms with van der Waals surface area (Å²) in [5.74, 6) is -1.52. The zero-order valence-electron chi connectivity index (χ0n) is 25.1. The van der Waals surface area contributed by atoms with Crippen molar-refractivity contribution in [1.82, 2.24) is 19.4 Å². The van der Waals surface area contributed by atoms with Crippen molar-refractivity contribution in [2.24, 2.45) is 0 Å². The minimum Gasteiger partial charge on any atom is -0.381 e. The summed E-state index contributed by atoms with van der Waals surface area (Å²) in [6.45, 7) is 10.2. The lowest BCUT2D eigenvalue weighted by Crippen LogP contribution is -2.48. The number of fused-ring (bicyclic) bond motifs is 1. The fraction of sp³-hybridized carbons (Fsp3) is 0.484. The van der Waals surface area contributed by atoms with E-state index in [1.807, 2.05) is 12.1 Å². The van der Waals surface area contributed by atoms with Gasteiger partial charge in [0.25, 0.3) is 5.91 Å². The van der Waals surface area contributed by atoms with Crippen molar-refractivity contribution in [2.45, 2.75) is 56.6 Å². The van der Waals surface area contributed by atoms with Gasteiger partial charge in [0.2, 0.25) is 0 Å². The number of hydrogen-bond acceptors (Lipinski definition) is 7. The van der Waals surface area contributed by atoms with Crippen molar-refractivity contribution in [3.05, 3.63) is 64.9 Å². The molecule has 3 aliphatic rings. The first-order chi connectivity index (χ1) is 21.2. The molecular weight excluding hydrogens is 588 g/mol. The first-order valence-corrected chi connectivity index (χ1v) is 16.3. The van der Waals surface area contributed by atoms with Crippen LogP contribution < -0.4 is 15.5 Å². The van der Waals surface area contributed by atoms with Crippen LogP contribution in [-0.2, 0) is 28.7 Å². The Morgan fingerprint density at radius 3 is 2.48 bits per heavy atom. The molecule has 13 heteroatoms. The van der Waals surface area contributed by atoms with E-state index in [4.69, 9.17) is 4.74 Å². The van der Waals surface area contributed by atoms with E-state index >= 15 is 0 Å². The minimum absolute atomic E-state index is 0.0505. The van der Waals surface area contributed by atoms with Crippen LogP contribution in [0.5, 0.6) is 0 Å². The van der Waals surface area contributed by atoms with Gasteiger partial charge in [0.1, 0.15) is 22.6 Å². The molecule has 4 heterocycles. The average Bonchev–Trinajstić information content (AvgIpc) is 3.42. The predicted molar refractivity (Wildman–Crippen MR) is 166 cm³/mol. The Kier molecular flexibility index (Phi) is 9.26. The van der Waals surface area contributed by atoms with Gasteiger partial charge < -0.3 is 20.3 Å². The summed E-state index contributed by atoms with van der Waals surface area (Å²) in [7, 11) is -1.79. The third-order valence-electron chi connectivity index (χ3n) is 8.64. The Bertz CT molecular complexity index is 1500. The average molecular weight is 628 g/mol. The lowest BCUT2D eigenvalue weighted by molar-refractivity contribution is 0.0904. The summed E-state index contributed by atoms with van der Waals surface area (Å²) in [6.07, 6.45) is 2.21. The Labute approximate surface area is 258 Å². The largest absolute Gasteiger partial charge is 0.381 e. The van der Waals surface area contributed by atoms with E-state index in [1.54, 1.807) is 4.31 Å². The highest BCUT2D eigenvalue weighted by Gasteiger charge is 2.29. The number of anilines is 3. The quantitative estimate of drug-likeness (QED) is 0.345. The number of rotatable bonds is 8. The van der Waals surface area contributed by atoms with Gasteiger partial charge in [0.05, 0.1) is 10.5 Å². The summed E-state index contributed by atoms with van der Waals surface area (Å²) in [6, 6.07) is 9.54. The Balaban J connectivity index is 1.21. The summed E-state index contributed by atoms with van der Waals surface area (Å²) in [5.41, 5.74) is 3.87. The number of nitrogens with zero attached hydrogens (tertiary/aromatic N) is 4. The van der Waals surface area contributed by atoms with E-state index in [0.717, 1.165) is 74.3 Å². The number of carbonyl (C=O) groups is 1. The zero-order valence-corrected chi connectivity index (χ0v) is 25.9. The summed E-state index contributed by atoms with van der Waals surface area (Å²) in [5, 5.41) is 13.9.